The minimum atomic E-state index is 0. The van der Waals surface area contributed by atoms with Crippen molar-refractivity contribution in [3.05, 3.63) is 59.2 Å². The second-order valence-electron chi connectivity index (χ2n) is 3.40. The van der Waals surface area contributed by atoms with Crippen LogP contribution in [0.4, 0.5) is 0 Å². The average molecular weight is 333 g/mol. The summed E-state index contributed by atoms with van der Waals surface area (Å²) in [6.07, 6.45) is 7.63. The number of rotatable bonds is 2. The molecule has 0 radical (unpaired) electrons. The first-order valence-corrected chi connectivity index (χ1v) is 4.67. The number of hydrogen-bond donors (Lipinski definition) is 0. The second-order valence-corrected chi connectivity index (χ2v) is 3.40. The molecule has 0 fully saturated rings. The fourth-order valence-electron chi connectivity index (χ4n) is 1.61. The number of allylic oxidation sites excluding steroid dienone is 4. The van der Waals surface area contributed by atoms with Crippen LogP contribution >= 0.6 is 24.8 Å². The molecule has 0 aromatic heterocycles. The molecule has 86 valence electrons. The van der Waals surface area contributed by atoms with Gasteiger partial charge in [-0.25, -0.2) is 5.57 Å². The molecule has 0 aliphatic heterocycles. The van der Waals surface area contributed by atoms with E-state index in [4.69, 9.17) is 0 Å². The molecule has 0 N–H and O–H groups in total. The van der Waals surface area contributed by atoms with Gasteiger partial charge >= 0.3 is 0 Å². The third-order valence-corrected chi connectivity index (χ3v) is 2.43. The minimum absolute atomic E-state index is 0. The third kappa shape index (κ3) is 5.00. The van der Waals surface area contributed by atoms with Crippen molar-refractivity contribution in [2.24, 2.45) is 0 Å². The molecule has 1 aliphatic rings. The van der Waals surface area contributed by atoms with Crippen LogP contribution in [-0.4, -0.2) is 0 Å². The van der Waals surface area contributed by atoms with Crippen LogP contribution in [0.3, 0.4) is 0 Å². The van der Waals surface area contributed by atoms with E-state index >= 15 is 0 Å². The summed E-state index contributed by atoms with van der Waals surface area (Å²) in [5.41, 5.74) is 4.15. The van der Waals surface area contributed by atoms with Crippen LogP contribution in [0.25, 0.3) is 0 Å². The van der Waals surface area contributed by atoms with Crippen molar-refractivity contribution >= 4 is 24.8 Å². The fourth-order valence-corrected chi connectivity index (χ4v) is 1.61. The van der Waals surface area contributed by atoms with Crippen molar-refractivity contribution in [2.45, 2.75) is 19.8 Å². The van der Waals surface area contributed by atoms with Gasteiger partial charge in [0.25, 0.3) is 0 Å². The van der Waals surface area contributed by atoms with E-state index in [1.165, 1.54) is 16.7 Å². The van der Waals surface area contributed by atoms with Crippen molar-refractivity contribution in [3.8, 4) is 0 Å². The Kier molecular flexibility index (Phi) is 10.7. The Hall–Kier alpha value is 0.163. The molecule has 0 saturated carbocycles. The van der Waals surface area contributed by atoms with Crippen LogP contribution in [-0.2, 0) is 32.6 Å². The molecule has 0 atom stereocenters. The zero-order valence-corrected chi connectivity index (χ0v) is 13.3. The Morgan fingerprint density at radius 3 is 2.25 bits per heavy atom. The monoisotopic (exact) mass is 331 g/mol. The van der Waals surface area contributed by atoms with Crippen LogP contribution in [0, 0.1) is 6.08 Å². The third-order valence-electron chi connectivity index (χ3n) is 2.43. The average Bonchev–Trinajstić information content (AvgIpc) is 2.54. The normalized spacial score (nSPS) is 12.6. The van der Waals surface area contributed by atoms with E-state index in [1.54, 1.807) is 0 Å². The minimum Gasteiger partial charge on any atom is -0.269 e. The molecule has 16 heavy (non-hydrogen) atoms. The van der Waals surface area contributed by atoms with Crippen LogP contribution in [0.5, 0.6) is 0 Å². The summed E-state index contributed by atoms with van der Waals surface area (Å²) >= 11 is 0. The maximum atomic E-state index is 3.31. The topological polar surface area (TPSA) is 0 Å². The molecule has 0 heterocycles. The Morgan fingerprint density at radius 2 is 1.75 bits per heavy atom. The summed E-state index contributed by atoms with van der Waals surface area (Å²) in [5.74, 6) is 0. The molecule has 0 spiro atoms. The van der Waals surface area contributed by atoms with Gasteiger partial charge in [0.2, 0.25) is 0 Å². The largest absolute Gasteiger partial charge is 0.269 e. The predicted molar refractivity (Wildman–Crippen MR) is 69.8 cm³/mol. The Balaban J connectivity index is 0. The molecule has 0 nitrogen and oxygen atoms in total. The van der Waals surface area contributed by atoms with E-state index in [2.05, 4.69) is 49.4 Å². The molecule has 0 saturated heterocycles. The van der Waals surface area contributed by atoms with Gasteiger partial charge in [-0.3, -0.25) is 6.08 Å². The van der Waals surface area contributed by atoms with Crippen molar-refractivity contribution in [1.29, 1.82) is 0 Å². The molecule has 3 heteroatoms. The van der Waals surface area contributed by atoms with Crippen molar-refractivity contribution in [1.82, 2.24) is 0 Å². The molecule has 1 aromatic rings. The summed E-state index contributed by atoms with van der Waals surface area (Å²) in [7, 11) is 0. The van der Waals surface area contributed by atoms with Crippen LogP contribution < -0.4 is 0 Å². The maximum absolute atomic E-state index is 3.31. The van der Waals surface area contributed by atoms with E-state index in [0.29, 0.717) is 0 Å². The maximum Gasteiger partial charge on any atom is 0 e. The Morgan fingerprint density at radius 1 is 1.12 bits per heavy atom. The number of hydrogen-bond acceptors (Lipinski definition) is 0. The first kappa shape index (κ1) is 18.5. The summed E-state index contributed by atoms with van der Waals surface area (Å²) in [6, 6.07) is 10.6. The quantitative estimate of drug-likeness (QED) is 0.713. The number of benzene rings is 1. The zero-order chi connectivity index (χ0) is 9.10. The Labute approximate surface area is 129 Å². The molecule has 0 amide bonds. The van der Waals surface area contributed by atoms with Gasteiger partial charge in [0.05, 0.1) is 0 Å². The summed E-state index contributed by atoms with van der Waals surface area (Å²) in [5, 5.41) is 0. The van der Waals surface area contributed by atoms with Crippen LogP contribution in [0.15, 0.2) is 47.6 Å². The van der Waals surface area contributed by atoms with Crippen LogP contribution in [0.1, 0.15) is 18.9 Å². The van der Waals surface area contributed by atoms with Crippen LogP contribution in [0.2, 0.25) is 0 Å². The van der Waals surface area contributed by atoms with Crippen molar-refractivity contribution in [2.75, 3.05) is 0 Å². The van der Waals surface area contributed by atoms with Gasteiger partial charge in [0, 0.05) is 26.2 Å². The van der Waals surface area contributed by atoms with E-state index in [9.17, 15) is 0 Å². The predicted octanol–water partition coefficient (Wildman–Crippen LogP) is 4.15. The number of halogens is 2. The van der Waals surface area contributed by atoms with Gasteiger partial charge in [-0.15, -0.1) is 31.2 Å². The van der Waals surface area contributed by atoms with E-state index < -0.39 is 0 Å². The van der Waals surface area contributed by atoms with Gasteiger partial charge in [-0.2, -0.15) is 11.6 Å². The van der Waals surface area contributed by atoms with E-state index in [-0.39, 0.29) is 51.0 Å². The molecule has 0 bridgehead atoms. The molecule has 1 aromatic carbocycles. The smallest absolute Gasteiger partial charge is 0 e. The van der Waals surface area contributed by atoms with E-state index in [1.807, 2.05) is 0 Å². The van der Waals surface area contributed by atoms with Gasteiger partial charge in [-0.1, -0.05) is 49.2 Å². The fraction of sp³-hybridized carbons (Fsp3) is 0.231. The summed E-state index contributed by atoms with van der Waals surface area (Å²) in [6.45, 7) is 2.14. The van der Waals surface area contributed by atoms with E-state index in [0.717, 1.165) is 12.8 Å². The molecule has 2 rings (SSSR count). The van der Waals surface area contributed by atoms with Gasteiger partial charge in [0.15, 0.2) is 0 Å². The van der Waals surface area contributed by atoms with Gasteiger partial charge < -0.3 is 0 Å². The summed E-state index contributed by atoms with van der Waals surface area (Å²) in [4.78, 5) is 0. The molecule has 1 aliphatic carbocycles. The second kappa shape index (κ2) is 9.22. The Bertz CT molecular complexity index is 355. The first-order valence-electron chi connectivity index (χ1n) is 4.67. The zero-order valence-electron chi connectivity index (χ0n) is 9.19. The molecular formula is C13H15Cl2Zr-. The van der Waals surface area contributed by atoms with Crippen molar-refractivity contribution < 1.29 is 26.2 Å². The molecular weight excluding hydrogens is 318 g/mol. The summed E-state index contributed by atoms with van der Waals surface area (Å²) < 4.78 is 0. The standard InChI is InChI=1S/C13H13.2ClH.Zr/c1-11-6-5-9-13(11)10-12-7-3-2-4-8-12;;;/h2-4,7-9H,5,10H2,1H3;2*1H;/q-1;;;. The first-order chi connectivity index (χ1) is 6.36. The van der Waals surface area contributed by atoms with Gasteiger partial charge in [0.1, 0.15) is 0 Å². The molecule has 0 unspecified atom stereocenters. The van der Waals surface area contributed by atoms with Crippen molar-refractivity contribution in [3.63, 3.8) is 0 Å². The van der Waals surface area contributed by atoms with Gasteiger partial charge in [-0.05, 0) is 0 Å². The SMILES string of the molecule is CC1=[C-]CC=C1Cc1ccccc1.Cl.Cl.[Zr].